The molecule has 2 rings (SSSR count). The van der Waals surface area contributed by atoms with Gasteiger partial charge in [0.25, 0.3) is 5.78 Å². The summed E-state index contributed by atoms with van der Waals surface area (Å²) in [5, 5.41) is 7.64. The van der Waals surface area contributed by atoms with Gasteiger partial charge in [0.1, 0.15) is 17.8 Å². The van der Waals surface area contributed by atoms with E-state index in [0.29, 0.717) is 16.3 Å². The number of carbonyl (C=O) groups excluding carboxylic acids is 4. The second-order valence-electron chi connectivity index (χ2n) is 10.1. The van der Waals surface area contributed by atoms with Crippen molar-refractivity contribution in [1.29, 1.82) is 0 Å². The summed E-state index contributed by atoms with van der Waals surface area (Å²) >= 11 is 6.05. The molecule has 0 saturated heterocycles. The van der Waals surface area contributed by atoms with E-state index in [0.717, 1.165) is 0 Å². The number of Topliss-reactive ketones (excluding diaryl/α,β-unsaturated/α-hetero) is 1. The van der Waals surface area contributed by atoms with E-state index in [1.54, 1.807) is 38.1 Å². The molecule has 0 spiro atoms. The van der Waals surface area contributed by atoms with Crippen molar-refractivity contribution < 1.29 is 37.1 Å². The second-order valence-corrected chi connectivity index (χ2v) is 10.6. The molecule has 8 nitrogen and oxygen atoms in total. The van der Waals surface area contributed by atoms with Crippen LogP contribution in [-0.4, -0.2) is 48.9 Å². The molecule has 3 atom stereocenters. The minimum absolute atomic E-state index is 0.214. The van der Waals surface area contributed by atoms with Crippen LogP contribution in [0.5, 0.6) is 5.75 Å². The molecule has 0 heterocycles. The zero-order valence-corrected chi connectivity index (χ0v) is 23.7. The van der Waals surface area contributed by atoms with E-state index < -0.39 is 59.1 Å². The summed E-state index contributed by atoms with van der Waals surface area (Å²) in [5.74, 6) is -4.89. The number of ether oxygens (including phenoxy) is 1. The standard InChI is InChI=1S/C28H33ClF3N3O5/c1-15(2)21(23(36)28(30,31)32)34-25(38)22(17-10-12-20(40-6)13-11-17)35-24(37)16(3)33-26(39)27(4,5)18-8-7-9-19(29)14-18/h7-16,21-22H,1-6H3,(H,33,39)(H,34,38)(H,35,37)/t16-,21-,22-/m0/s1. The molecule has 0 bridgehead atoms. The number of carbonyl (C=O) groups is 4. The highest BCUT2D eigenvalue weighted by Crippen LogP contribution is 2.26. The number of ketones is 1. The van der Waals surface area contributed by atoms with Gasteiger partial charge in [-0.2, -0.15) is 13.2 Å². The van der Waals surface area contributed by atoms with E-state index in [2.05, 4.69) is 16.0 Å². The third kappa shape index (κ3) is 8.20. The Morgan fingerprint density at radius 1 is 0.875 bits per heavy atom. The topological polar surface area (TPSA) is 114 Å². The summed E-state index contributed by atoms with van der Waals surface area (Å²) in [6.45, 7) is 7.41. The quantitative estimate of drug-likeness (QED) is 0.366. The lowest BCUT2D eigenvalue weighted by molar-refractivity contribution is -0.175. The van der Waals surface area contributed by atoms with Gasteiger partial charge in [-0.25, -0.2) is 0 Å². The molecule has 0 radical (unpaired) electrons. The molecule has 0 unspecified atom stereocenters. The number of hydrogen-bond donors (Lipinski definition) is 3. The molecule has 2 aromatic rings. The number of hydrogen-bond acceptors (Lipinski definition) is 5. The highest BCUT2D eigenvalue weighted by Gasteiger charge is 2.45. The molecule has 0 aromatic heterocycles. The van der Waals surface area contributed by atoms with Crippen molar-refractivity contribution in [3.05, 3.63) is 64.7 Å². The van der Waals surface area contributed by atoms with Crippen LogP contribution in [0.4, 0.5) is 13.2 Å². The zero-order chi connectivity index (χ0) is 30.4. The molecular formula is C28H33ClF3N3O5. The van der Waals surface area contributed by atoms with Crippen molar-refractivity contribution in [2.24, 2.45) is 5.92 Å². The van der Waals surface area contributed by atoms with Crippen molar-refractivity contribution in [2.45, 2.75) is 64.3 Å². The molecule has 40 heavy (non-hydrogen) atoms. The third-order valence-corrected chi connectivity index (χ3v) is 6.61. The molecule has 0 aliphatic heterocycles. The normalized spacial score (nSPS) is 14.1. The van der Waals surface area contributed by atoms with E-state index in [1.807, 2.05) is 0 Å². The first-order chi connectivity index (χ1) is 18.5. The molecule has 12 heteroatoms. The third-order valence-electron chi connectivity index (χ3n) is 6.38. The van der Waals surface area contributed by atoms with Gasteiger partial charge in [-0.3, -0.25) is 19.2 Å². The summed E-state index contributed by atoms with van der Waals surface area (Å²) in [4.78, 5) is 51.4. The monoisotopic (exact) mass is 583 g/mol. The number of alkyl halides is 3. The highest BCUT2D eigenvalue weighted by molar-refractivity contribution is 6.30. The van der Waals surface area contributed by atoms with Gasteiger partial charge in [0.2, 0.25) is 17.7 Å². The first-order valence-electron chi connectivity index (χ1n) is 12.4. The Hall–Kier alpha value is -3.60. The Morgan fingerprint density at radius 3 is 1.98 bits per heavy atom. The van der Waals surface area contributed by atoms with E-state index in [1.165, 1.54) is 52.1 Å². The highest BCUT2D eigenvalue weighted by atomic mass is 35.5. The first kappa shape index (κ1) is 32.6. The molecule has 3 N–H and O–H groups in total. The largest absolute Gasteiger partial charge is 0.497 e. The Morgan fingerprint density at radius 2 is 1.48 bits per heavy atom. The van der Waals surface area contributed by atoms with E-state index in [4.69, 9.17) is 16.3 Å². The van der Waals surface area contributed by atoms with E-state index >= 15 is 0 Å². The second kappa shape index (κ2) is 13.2. The number of benzene rings is 2. The van der Waals surface area contributed by atoms with Crippen LogP contribution >= 0.6 is 11.6 Å². The summed E-state index contributed by atoms with van der Waals surface area (Å²) < 4.78 is 44.6. The van der Waals surface area contributed by atoms with Crippen molar-refractivity contribution in [1.82, 2.24) is 16.0 Å². The number of nitrogens with one attached hydrogen (secondary N) is 3. The molecule has 3 amide bonds. The SMILES string of the molecule is COc1ccc([C@H](NC(=O)[C@H](C)NC(=O)C(C)(C)c2cccc(Cl)c2)C(=O)N[C@H](C(=O)C(F)(F)F)C(C)C)cc1. The van der Waals surface area contributed by atoms with E-state index in [9.17, 15) is 32.3 Å². The average molecular weight is 584 g/mol. The fourth-order valence-corrected chi connectivity index (χ4v) is 3.95. The van der Waals surface area contributed by atoms with Gasteiger partial charge in [0.15, 0.2) is 0 Å². The van der Waals surface area contributed by atoms with Crippen molar-refractivity contribution in [2.75, 3.05) is 7.11 Å². The Balaban J connectivity index is 2.29. The number of halogens is 4. The fraction of sp³-hybridized carbons (Fsp3) is 0.429. The van der Waals surface area contributed by atoms with Crippen LogP contribution < -0.4 is 20.7 Å². The van der Waals surface area contributed by atoms with E-state index in [-0.39, 0.29) is 5.56 Å². The lowest BCUT2D eigenvalue weighted by atomic mass is 9.83. The van der Waals surface area contributed by atoms with Gasteiger partial charge in [-0.05, 0) is 62.1 Å². The lowest BCUT2D eigenvalue weighted by Gasteiger charge is -2.28. The molecule has 2 aromatic carbocycles. The maximum absolute atomic E-state index is 13.2. The van der Waals surface area contributed by atoms with Crippen LogP contribution in [0.15, 0.2) is 48.5 Å². The summed E-state index contributed by atoms with van der Waals surface area (Å²) in [5.41, 5.74) is -0.254. The smallest absolute Gasteiger partial charge is 0.452 e. The summed E-state index contributed by atoms with van der Waals surface area (Å²) in [6.07, 6.45) is -5.17. The van der Waals surface area contributed by atoms with Crippen LogP contribution in [0.1, 0.15) is 51.8 Å². The molecule has 0 fully saturated rings. The maximum Gasteiger partial charge on any atom is 0.452 e. The van der Waals surface area contributed by atoms with Crippen LogP contribution in [0.25, 0.3) is 0 Å². The van der Waals surface area contributed by atoms with Crippen LogP contribution in [-0.2, 0) is 24.6 Å². The fourth-order valence-electron chi connectivity index (χ4n) is 3.76. The number of rotatable bonds is 11. The zero-order valence-electron chi connectivity index (χ0n) is 23.0. The lowest BCUT2D eigenvalue weighted by Crippen LogP contribution is -2.55. The number of methoxy groups -OCH3 is 1. The molecular weight excluding hydrogens is 551 g/mol. The Labute approximate surface area is 236 Å². The number of amides is 3. The van der Waals surface area contributed by atoms with Gasteiger partial charge >= 0.3 is 6.18 Å². The summed E-state index contributed by atoms with van der Waals surface area (Å²) in [6, 6.07) is 8.09. The maximum atomic E-state index is 13.2. The minimum atomic E-state index is -5.17. The predicted molar refractivity (Wildman–Crippen MR) is 144 cm³/mol. The molecule has 0 aliphatic rings. The first-order valence-corrected chi connectivity index (χ1v) is 12.8. The molecule has 0 aliphatic carbocycles. The minimum Gasteiger partial charge on any atom is -0.497 e. The Kier molecular flexibility index (Phi) is 10.7. The molecule has 0 saturated carbocycles. The molecule has 218 valence electrons. The van der Waals surface area contributed by atoms with Crippen molar-refractivity contribution in [3.63, 3.8) is 0 Å². The summed E-state index contributed by atoms with van der Waals surface area (Å²) in [7, 11) is 1.42. The van der Waals surface area contributed by atoms with Crippen LogP contribution in [0.3, 0.4) is 0 Å². The average Bonchev–Trinajstić information content (AvgIpc) is 2.88. The van der Waals surface area contributed by atoms with Crippen LogP contribution in [0, 0.1) is 5.92 Å². The van der Waals surface area contributed by atoms with Gasteiger partial charge in [0.05, 0.1) is 18.6 Å². The van der Waals surface area contributed by atoms with Gasteiger partial charge < -0.3 is 20.7 Å². The van der Waals surface area contributed by atoms with Gasteiger partial charge in [-0.1, -0.05) is 49.7 Å². The van der Waals surface area contributed by atoms with Crippen LogP contribution in [0.2, 0.25) is 5.02 Å². The Bertz CT molecular complexity index is 1230. The van der Waals surface area contributed by atoms with Gasteiger partial charge in [-0.15, -0.1) is 0 Å². The van der Waals surface area contributed by atoms with Crippen molar-refractivity contribution >= 4 is 35.1 Å². The van der Waals surface area contributed by atoms with Crippen molar-refractivity contribution in [3.8, 4) is 5.75 Å². The van der Waals surface area contributed by atoms with Gasteiger partial charge in [0, 0.05) is 5.02 Å². The predicted octanol–water partition coefficient (Wildman–Crippen LogP) is 4.26.